The third-order valence-corrected chi connectivity index (χ3v) is 19.6. The second-order valence-corrected chi connectivity index (χ2v) is 22.4. The van der Waals surface area contributed by atoms with Crippen molar-refractivity contribution in [2.75, 3.05) is 14.2 Å². The van der Waals surface area contributed by atoms with Crippen LogP contribution in [0.4, 0.5) is 0 Å². The molecular weight excluding hydrogens is 685 g/mol. The molecule has 0 spiro atoms. The summed E-state index contributed by atoms with van der Waals surface area (Å²) in [5.41, 5.74) is 0. The summed E-state index contributed by atoms with van der Waals surface area (Å²) in [6, 6.07) is 4.96. The van der Waals surface area contributed by atoms with Gasteiger partial charge in [0.2, 0.25) is 0 Å². The number of unbranched alkanes of at least 4 members (excludes halogenated alkanes) is 2. The van der Waals surface area contributed by atoms with Crippen molar-refractivity contribution in [2.24, 2.45) is 59.2 Å². The Kier molecular flexibility index (Phi) is 15.0. The van der Waals surface area contributed by atoms with Gasteiger partial charge in [-0.3, -0.25) is 9.80 Å². The Labute approximate surface area is 347 Å². The van der Waals surface area contributed by atoms with Crippen LogP contribution in [0.5, 0.6) is 0 Å². The van der Waals surface area contributed by atoms with Gasteiger partial charge < -0.3 is 9.47 Å². The van der Waals surface area contributed by atoms with E-state index in [0.717, 1.165) is 95.4 Å². The van der Waals surface area contributed by atoms with Crippen LogP contribution in [0.1, 0.15) is 207 Å². The molecular formula is C52H92N2O2. The summed E-state index contributed by atoms with van der Waals surface area (Å²) in [6.45, 7) is 10.1. The van der Waals surface area contributed by atoms with E-state index in [1.807, 2.05) is 14.2 Å². The highest BCUT2D eigenvalue weighted by molar-refractivity contribution is 5.12. The quantitative estimate of drug-likeness (QED) is 0.175. The lowest BCUT2D eigenvalue weighted by molar-refractivity contribution is -0.179. The van der Waals surface area contributed by atoms with Crippen LogP contribution in [0.25, 0.3) is 0 Å². The van der Waals surface area contributed by atoms with E-state index in [9.17, 15) is 0 Å². The molecule has 0 saturated heterocycles. The first-order chi connectivity index (χ1) is 27.4. The van der Waals surface area contributed by atoms with Crippen LogP contribution >= 0.6 is 0 Å². The Bertz CT molecular complexity index is 1070. The van der Waals surface area contributed by atoms with Crippen molar-refractivity contribution in [3.05, 3.63) is 0 Å². The fourth-order valence-electron chi connectivity index (χ4n) is 16.8. The summed E-state index contributed by atoms with van der Waals surface area (Å²) in [5, 5.41) is 0. The molecule has 0 N–H and O–H groups in total. The number of ether oxygens (including phenoxy) is 2. The summed E-state index contributed by atoms with van der Waals surface area (Å²) < 4.78 is 12.0. The van der Waals surface area contributed by atoms with Gasteiger partial charge >= 0.3 is 0 Å². The second kappa shape index (κ2) is 19.7. The lowest BCUT2D eigenvalue weighted by Gasteiger charge is -2.67. The first kappa shape index (κ1) is 42.5. The zero-order chi connectivity index (χ0) is 38.8. The number of hydrogen-bond acceptors (Lipinski definition) is 4. The van der Waals surface area contributed by atoms with Crippen LogP contribution in [-0.2, 0) is 9.47 Å². The van der Waals surface area contributed by atoms with Crippen LogP contribution in [0.15, 0.2) is 0 Å². The molecule has 10 atom stereocenters. The topological polar surface area (TPSA) is 24.9 Å². The van der Waals surface area contributed by atoms with E-state index in [2.05, 4.69) is 37.5 Å². The van der Waals surface area contributed by atoms with Crippen molar-refractivity contribution in [1.82, 2.24) is 9.80 Å². The summed E-state index contributed by atoms with van der Waals surface area (Å²) >= 11 is 0. The zero-order valence-electron chi connectivity index (χ0n) is 37.9. The third kappa shape index (κ3) is 8.92. The molecule has 4 nitrogen and oxygen atoms in total. The van der Waals surface area contributed by atoms with Gasteiger partial charge in [0, 0.05) is 50.5 Å². The Morgan fingerprint density at radius 3 is 1.05 bits per heavy atom. The fourth-order valence-corrected chi connectivity index (χ4v) is 16.8. The van der Waals surface area contributed by atoms with Crippen molar-refractivity contribution in [3.63, 3.8) is 0 Å². The maximum absolute atomic E-state index is 6.01. The normalized spacial score (nSPS) is 47.1. The molecule has 0 aromatic rings. The molecule has 0 aromatic carbocycles. The first-order valence-electron chi connectivity index (χ1n) is 26.0. The van der Waals surface area contributed by atoms with Crippen LogP contribution in [0, 0.1) is 59.2 Å². The van der Waals surface area contributed by atoms with E-state index < -0.39 is 0 Å². The molecule has 322 valence electrons. The average Bonchev–Trinajstić information content (AvgIpc) is 3.24. The predicted molar refractivity (Wildman–Crippen MR) is 235 cm³/mol. The van der Waals surface area contributed by atoms with Gasteiger partial charge in [-0.2, -0.15) is 0 Å². The van der Waals surface area contributed by atoms with E-state index in [1.54, 1.807) is 38.5 Å². The van der Waals surface area contributed by atoms with Crippen LogP contribution in [-0.4, -0.2) is 72.5 Å². The molecule has 0 aliphatic heterocycles. The largest absolute Gasteiger partial charge is 0.381 e. The number of rotatable bonds is 14. The molecule has 8 fully saturated rings. The number of methoxy groups -OCH3 is 2. The maximum atomic E-state index is 6.01. The van der Waals surface area contributed by atoms with E-state index in [0.29, 0.717) is 12.2 Å². The van der Waals surface area contributed by atoms with Gasteiger partial charge in [-0.1, -0.05) is 66.2 Å². The van der Waals surface area contributed by atoms with E-state index in [-0.39, 0.29) is 0 Å². The molecule has 0 heterocycles. The molecule has 0 radical (unpaired) electrons. The minimum Gasteiger partial charge on any atom is -0.381 e. The minimum atomic E-state index is 0.501. The lowest BCUT2D eigenvalue weighted by Crippen LogP contribution is -2.66. The Hall–Kier alpha value is -0.160. The minimum absolute atomic E-state index is 0.501. The van der Waals surface area contributed by atoms with Gasteiger partial charge in [0.25, 0.3) is 0 Å². The van der Waals surface area contributed by atoms with Crippen molar-refractivity contribution in [3.8, 4) is 0 Å². The van der Waals surface area contributed by atoms with Crippen molar-refractivity contribution in [1.29, 1.82) is 0 Å². The van der Waals surface area contributed by atoms with Gasteiger partial charge in [0.15, 0.2) is 0 Å². The van der Waals surface area contributed by atoms with Crippen molar-refractivity contribution < 1.29 is 9.47 Å². The third-order valence-electron chi connectivity index (χ3n) is 19.6. The fraction of sp³-hybridized carbons (Fsp3) is 1.00. The van der Waals surface area contributed by atoms with E-state index >= 15 is 0 Å². The molecule has 8 saturated carbocycles. The SMILES string of the molecule is CCCCC1CC(N(C2CCC(C)CC2)C2CCC(OC)CC2)C2CCC3C(CCCC)CC(N(C4CCC(C)CC4)C4CCC(OC)CC4)C4CCC1C2C34. The average molecular weight is 777 g/mol. The number of nitrogens with zero attached hydrogens (tertiary/aromatic N) is 2. The van der Waals surface area contributed by atoms with Gasteiger partial charge in [0.1, 0.15) is 0 Å². The van der Waals surface area contributed by atoms with Crippen LogP contribution < -0.4 is 0 Å². The maximum Gasteiger partial charge on any atom is 0.0572 e. The summed E-state index contributed by atoms with van der Waals surface area (Å²) in [6.07, 6.45) is 41.5. The van der Waals surface area contributed by atoms with Gasteiger partial charge in [0.05, 0.1) is 12.2 Å². The summed E-state index contributed by atoms with van der Waals surface area (Å²) in [4.78, 5) is 6.78. The standard InChI is InChI=1S/C52H92N2O2/c1-7-9-11-37-33-49(53(39-17-13-35(3)14-18-39)41-21-25-43(55-5)26-22-41)47-32-30-46-38(12-10-8-2)34-50(48-31-29-45(37)51(47)52(46)48)54(40-19-15-36(4)16-20-40)42-23-27-44(56-6)28-24-42/h35-52H,7-34H2,1-6H3. The molecule has 10 unspecified atom stereocenters. The first-order valence-corrected chi connectivity index (χ1v) is 26.0. The highest BCUT2D eigenvalue weighted by Gasteiger charge is 2.61. The Balaban J connectivity index is 1.15. The van der Waals surface area contributed by atoms with Crippen LogP contribution in [0.2, 0.25) is 0 Å². The van der Waals surface area contributed by atoms with Crippen LogP contribution in [0.3, 0.4) is 0 Å². The molecule has 8 aliphatic rings. The monoisotopic (exact) mass is 777 g/mol. The lowest BCUT2D eigenvalue weighted by atomic mass is 9.42. The summed E-state index contributed by atoms with van der Waals surface area (Å²) in [7, 11) is 3.96. The highest BCUT2D eigenvalue weighted by Crippen LogP contribution is 2.65. The molecule has 0 amide bonds. The van der Waals surface area contributed by atoms with E-state index in [1.165, 1.54) is 141 Å². The highest BCUT2D eigenvalue weighted by atomic mass is 16.5. The van der Waals surface area contributed by atoms with Gasteiger partial charge in [-0.25, -0.2) is 0 Å². The van der Waals surface area contributed by atoms with E-state index in [4.69, 9.17) is 9.47 Å². The predicted octanol–water partition coefficient (Wildman–Crippen LogP) is 13.1. The van der Waals surface area contributed by atoms with Gasteiger partial charge in [-0.05, 0) is 200 Å². The van der Waals surface area contributed by atoms with Gasteiger partial charge in [-0.15, -0.1) is 0 Å². The molecule has 8 rings (SSSR count). The Morgan fingerprint density at radius 1 is 0.411 bits per heavy atom. The second-order valence-electron chi connectivity index (χ2n) is 22.4. The molecule has 56 heavy (non-hydrogen) atoms. The molecule has 0 aromatic heterocycles. The zero-order valence-corrected chi connectivity index (χ0v) is 37.9. The van der Waals surface area contributed by atoms with Crippen molar-refractivity contribution in [2.45, 2.75) is 256 Å². The Morgan fingerprint density at radius 2 is 0.732 bits per heavy atom. The number of hydrogen-bond donors (Lipinski definition) is 0. The molecule has 8 aliphatic carbocycles. The molecule has 4 heteroatoms. The van der Waals surface area contributed by atoms with Crippen molar-refractivity contribution >= 4 is 0 Å². The summed E-state index contributed by atoms with van der Waals surface area (Å²) in [5.74, 6) is 9.72. The smallest absolute Gasteiger partial charge is 0.0572 e. The molecule has 0 bridgehead atoms.